The summed E-state index contributed by atoms with van der Waals surface area (Å²) in [6.45, 7) is 2.28. The number of hydrogen-bond acceptors (Lipinski definition) is 4. The second-order valence-electron chi connectivity index (χ2n) is 4.74. The standard InChI is InChI=1S/C14H22N2O4S/c1-3-11(8-9-17)10-16-21(19,20)13-6-4-12(5-7-13)14(18)15-2/h4-7,11,16-17H,3,8-10H2,1-2H3,(H,15,18). The van der Waals surface area contributed by atoms with E-state index in [1.807, 2.05) is 6.92 Å². The van der Waals surface area contributed by atoms with Crippen LogP contribution in [0, 0.1) is 5.92 Å². The number of aliphatic hydroxyl groups excluding tert-OH is 1. The molecular weight excluding hydrogens is 292 g/mol. The van der Waals surface area contributed by atoms with Crippen molar-refractivity contribution in [3.05, 3.63) is 29.8 Å². The van der Waals surface area contributed by atoms with E-state index in [4.69, 9.17) is 5.11 Å². The Balaban J connectivity index is 2.76. The lowest BCUT2D eigenvalue weighted by atomic mass is 10.0. The Kier molecular flexibility index (Phi) is 6.80. The average Bonchev–Trinajstić information content (AvgIpc) is 2.50. The van der Waals surface area contributed by atoms with Gasteiger partial charge < -0.3 is 10.4 Å². The van der Waals surface area contributed by atoms with Gasteiger partial charge in [-0.2, -0.15) is 0 Å². The molecule has 1 unspecified atom stereocenters. The highest BCUT2D eigenvalue weighted by atomic mass is 32.2. The van der Waals surface area contributed by atoms with Crippen LogP contribution >= 0.6 is 0 Å². The van der Waals surface area contributed by atoms with Crippen LogP contribution in [0.4, 0.5) is 0 Å². The average molecular weight is 314 g/mol. The third-order valence-corrected chi connectivity index (χ3v) is 4.77. The van der Waals surface area contributed by atoms with E-state index >= 15 is 0 Å². The number of rotatable bonds is 8. The molecule has 0 heterocycles. The van der Waals surface area contributed by atoms with E-state index in [1.165, 1.54) is 31.3 Å². The number of benzene rings is 1. The van der Waals surface area contributed by atoms with Crippen LogP contribution in [-0.4, -0.2) is 39.6 Å². The molecule has 0 aliphatic heterocycles. The molecule has 1 aromatic carbocycles. The van der Waals surface area contributed by atoms with E-state index in [0.29, 0.717) is 12.0 Å². The van der Waals surface area contributed by atoms with Crippen molar-refractivity contribution in [3.8, 4) is 0 Å². The minimum atomic E-state index is -3.60. The summed E-state index contributed by atoms with van der Waals surface area (Å²) < 4.78 is 26.8. The van der Waals surface area contributed by atoms with Crippen LogP contribution < -0.4 is 10.0 Å². The number of amides is 1. The molecule has 1 rings (SSSR count). The summed E-state index contributed by atoms with van der Waals surface area (Å²) in [5, 5.41) is 11.4. The molecule has 0 fully saturated rings. The van der Waals surface area contributed by atoms with Crippen LogP contribution in [0.3, 0.4) is 0 Å². The Morgan fingerprint density at radius 3 is 2.38 bits per heavy atom. The molecular formula is C14H22N2O4S. The quantitative estimate of drug-likeness (QED) is 0.659. The highest BCUT2D eigenvalue weighted by Crippen LogP contribution is 2.12. The molecule has 0 spiro atoms. The van der Waals surface area contributed by atoms with Crippen molar-refractivity contribution in [3.63, 3.8) is 0 Å². The van der Waals surface area contributed by atoms with Gasteiger partial charge in [-0.1, -0.05) is 13.3 Å². The first-order valence-electron chi connectivity index (χ1n) is 6.87. The molecule has 0 saturated heterocycles. The van der Waals surface area contributed by atoms with E-state index in [1.54, 1.807) is 0 Å². The van der Waals surface area contributed by atoms with Crippen molar-refractivity contribution in [2.75, 3.05) is 20.2 Å². The molecule has 6 nitrogen and oxygen atoms in total. The number of aliphatic hydroxyl groups is 1. The summed E-state index contributed by atoms with van der Waals surface area (Å²) in [4.78, 5) is 11.5. The fourth-order valence-corrected chi connectivity index (χ4v) is 2.99. The smallest absolute Gasteiger partial charge is 0.251 e. The van der Waals surface area contributed by atoms with E-state index in [0.717, 1.165) is 6.42 Å². The van der Waals surface area contributed by atoms with Crippen molar-refractivity contribution >= 4 is 15.9 Å². The van der Waals surface area contributed by atoms with Gasteiger partial charge in [0.2, 0.25) is 10.0 Å². The van der Waals surface area contributed by atoms with Gasteiger partial charge in [0.05, 0.1) is 4.90 Å². The second-order valence-corrected chi connectivity index (χ2v) is 6.51. The third-order valence-electron chi connectivity index (χ3n) is 3.33. The van der Waals surface area contributed by atoms with Gasteiger partial charge in [-0.25, -0.2) is 13.1 Å². The zero-order valence-corrected chi connectivity index (χ0v) is 13.1. The normalized spacial score (nSPS) is 12.9. The number of nitrogens with one attached hydrogen (secondary N) is 2. The first-order valence-corrected chi connectivity index (χ1v) is 8.35. The Labute approximate surface area is 125 Å². The Bertz CT molecular complexity index is 555. The minimum Gasteiger partial charge on any atom is -0.396 e. The molecule has 1 amide bonds. The molecule has 0 saturated carbocycles. The van der Waals surface area contributed by atoms with Gasteiger partial charge in [-0.15, -0.1) is 0 Å². The van der Waals surface area contributed by atoms with Crippen LogP contribution in [-0.2, 0) is 10.0 Å². The van der Waals surface area contributed by atoms with E-state index in [2.05, 4.69) is 10.0 Å². The summed E-state index contributed by atoms with van der Waals surface area (Å²) in [6.07, 6.45) is 1.35. The maximum atomic E-state index is 12.1. The SMILES string of the molecule is CCC(CCO)CNS(=O)(=O)c1ccc(C(=O)NC)cc1. The van der Waals surface area contributed by atoms with Gasteiger partial charge in [-0.3, -0.25) is 4.79 Å². The molecule has 0 bridgehead atoms. The van der Waals surface area contributed by atoms with E-state index in [-0.39, 0.29) is 29.9 Å². The van der Waals surface area contributed by atoms with Crippen molar-refractivity contribution in [1.29, 1.82) is 0 Å². The highest BCUT2D eigenvalue weighted by Gasteiger charge is 2.16. The first kappa shape index (κ1) is 17.6. The third kappa shape index (κ3) is 5.11. The van der Waals surface area contributed by atoms with Crippen LogP contribution in [0.5, 0.6) is 0 Å². The van der Waals surface area contributed by atoms with Gasteiger partial charge >= 0.3 is 0 Å². The Morgan fingerprint density at radius 1 is 1.29 bits per heavy atom. The largest absolute Gasteiger partial charge is 0.396 e. The van der Waals surface area contributed by atoms with Gasteiger partial charge in [-0.05, 0) is 36.6 Å². The molecule has 21 heavy (non-hydrogen) atoms. The van der Waals surface area contributed by atoms with Crippen molar-refractivity contribution in [2.45, 2.75) is 24.7 Å². The molecule has 0 aromatic heterocycles. The Hall–Kier alpha value is -1.44. The van der Waals surface area contributed by atoms with Crippen molar-refractivity contribution < 1.29 is 18.3 Å². The zero-order valence-electron chi connectivity index (χ0n) is 12.3. The first-order chi connectivity index (χ1) is 9.94. The summed E-state index contributed by atoms with van der Waals surface area (Å²) in [5.74, 6) is -0.157. The molecule has 1 atom stereocenters. The number of hydrogen-bond donors (Lipinski definition) is 3. The number of sulfonamides is 1. The van der Waals surface area contributed by atoms with Crippen LogP contribution in [0.2, 0.25) is 0 Å². The molecule has 3 N–H and O–H groups in total. The van der Waals surface area contributed by atoms with Gasteiger partial charge in [0.1, 0.15) is 0 Å². The van der Waals surface area contributed by atoms with Crippen molar-refractivity contribution in [2.24, 2.45) is 5.92 Å². The van der Waals surface area contributed by atoms with E-state index < -0.39 is 10.0 Å². The molecule has 0 aliphatic carbocycles. The lowest BCUT2D eigenvalue weighted by molar-refractivity contribution is 0.0963. The van der Waals surface area contributed by atoms with Gasteiger partial charge in [0, 0.05) is 25.8 Å². The zero-order chi connectivity index (χ0) is 15.9. The van der Waals surface area contributed by atoms with Crippen LogP contribution in [0.25, 0.3) is 0 Å². The molecule has 7 heteroatoms. The molecule has 118 valence electrons. The monoisotopic (exact) mass is 314 g/mol. The summed E-state index contributed by atoms with van der Waals surface area (Å²) in [5.41, 5.74) is 0.406. The summed E-state index contributed by atoms with van der Waals surface area (Å²) in [7, 11) is -2.08. The fraction of sp³-hybridized carbons (Fsp3) is 0.500. The van der Waals surface area contributed by atoms with Gasteiger partial charge in [0.25, 0.3) is 5.91 Å². The van der Waals surface area contributed by atoms with Crippen LogP contribution in [0.15, 0.2) is 29.2 Å². The topological polar surface area (TPSA) is 95.5 Å². The summed E-state index contributed by atoms with van der Waals surface area (Å²) in [6, 6.07) is 5.75. The number of carbonyl (C=O) groups is 1. The van der Waals surface area contributed by atoms with Gasteiger partial charge in [0.15, 0.2) is 0 Å². The lowest BCUT2D eigenvalue weighted by Gasteiger charge is -2.14. The molecule has 0 aliphatic rings. The second kappa shape index (κ2) is 8.11. The maximum Gasteiger partial charge on any atom is 0.251 e. The molecule has 0 radical (unpaired) electrons. The Morgan fingerprint density at radius 2 is 1.90 bits per heavy atom. The van der Waals surface area contributed by atoms with Crippen LogP contribution in [0.1, 0.15) is 30.1 Å². The maximum absolute atomic E-state index is 12.1. The van der Waals surface area contributed by atoms with E-state index in [9.17, 15) is 13.2 Å². The number of carbonyl (C=O) groups excluding carboxylic acids is 1. The lowest BCUT2D eigenvalue weighted by Crippen LogP contribution is -2.29. The highest BCUT2D eigenvalue weighted by molar-refractivity contribution is 7.89. The predicted octanol–water partition coefficient (Wildman–Crippen LogP) is 0.733. The fourth-order valence-electron chi connectivity index (χ4n) is 1.87. The van der Waals surface area contributed by atoms with Crippen molar-refractivity contribution in [1.82, 2.24) is 10.0 Å². The minimum absolute atomic E-state index is 0.0427. The molecule has 1 aromatic rings. The predicted molar refractivity (Wildman–Crippen MR) is 80.5 cm³/mol. The summed E-state index contributed by atoms with van der Waals surface area (Å²) >= 11 is 0.